The third kappa shape index (κ3) is 4.10. The van der Waals surface area contributed by atoms with E-state index in [0.29, 0.717) is 11.2 Å². The lowest BCUT2D eigenvalue weighted by molar-refractivity contribution is -0.119. The maximum atomic E-state index is 13.1. The fraction of sp³-hybridized carbons (Fsp3) is 0.0556. The summed E-state index contributed by atoms with van der Waals surface area (Å²) in [6.45, 7) is -0.498. The van der Waals surface area contributed by atoms with Crippen molar-refractivity contribution in [3.8, 4) is 0 Å². The normalized spacial score (nSPS) is 10.5. The quantitative estimate of drug-likeness (QED) is 0.720. The van der Waals surface area contributed by atoms with E-state index in [4.69, 9.17) is 16.3 Å². The van der Waals surface area contributed by atoms with Gasteiger partial charge >= 0.3 is 5.97 Å². The van der Waals surface area contributed by atoms with E-state index < -0.39 is 24.3 Å². The number of anilines is 1. The highest BCUT2D eigenvalue weighted by Crippen LogP contribution is 2.19. The molecule has 5 nitrogen and oxygen atoms in total. The van der Waals surface area contributed by atoms with Crippen LogP contribution < -0.4 is 5.32 Å². The van der Waals surface area contributed by atoms with Crippen molar-refractivity contribution in [1.82, 2.24) is 4.98 Å². The van der Waals surface area contributed by atoms with Crippen LogP contribution in [0.25, 0.3) is 10.9 Å². The summed E-state index contributed by atoms with van der Waals surface area (Å²) in [5, 5.41) is 3.24. The summed E-state index contributed by atoms with van der Waals surface area (Å²) >= 11 is 5.63. The van der Waals surface area contributed by atoms with E-state index in [9.17, 15) is 14.0 Å². The van der Waals surface area contributed by atoms with Gasteiger partial charge in [-0.1, -0.05) is 35.9 Å². The van der Waals surface area contributed by atoms with Gasteiger partial charge in [0, 0.05) is 11.1 Å². The molecule has 0 aliphatic carbocycles. The topological polar surface area (TPSA) is 68.3 Å². The first kappa shape index (κ1) is 16.9. The molecule has 0 aliphatic rings. The molecule has 0 saturated carbocycles. The average Bonchev–Trinajstić information content (AvgIpc) is 2.62. The molecule has 3 rings (SSSR count). The van der Waals surface area contributed by atoms with Gasteiger partial charge in [-0.25, -0.2) is 14.2 Å². The second kappa shape index (κ2) is 7.27. The van der Waals surface area contributed by atoms with Crippen LogP contribution in [0.2, 0.25) is 5.02 Å². The van der Waals surface area contributed by atoms with E-state index in [1.54, 1.807) is 12.1 Å². The number of pyridine rings is 1. The minimum atomic E-state index is -0.710. The molecule has 3 aromatic rings. The number of aromatic nitrogens is 1. The Morgan fingerprint density at radius 1 is 1.12 bits per heavy atom. The minimum Gasteiger partial charge on any atom is -0.451 e. The molecule has 0 radical (unpaired) electrons. The van der Waals surface area contributed by atoms with Gasteiger partial charge < -0.3 is 10.1 Å². The Kier molecular flexibility index (Phi) is 4.90. The van der Waals surface area contributed by atoms with Gasteiger partial charge in [-0.3, -0.25) is 4.79 Å². The van der Waals surface area contributed by atoms with Crippen LogP contribution in [0, 0.1) is 5.82 Å². The Bertz CT molecular complexity index is 962. The Hall–Kier alpha value is -2.99. The number of halogens is 2. The monoisotopic (exact) mass is 358 g/mol. The summed E-state index contributed by atoms with van der Waals surface area (Å²) < 4.78 is 18.0. The number of ether oxygens (including phenoxy) is 1. The van der Waals surface area contributed by atoms with Crippen molar-refractivity contribution >= 4 is 40.1 Å². The summed E-state index contributed by atoms with van der Waals surface area (Å²) in [5.41, 5.74) is 1.06. The summed E-state index contributed by atoms with van der Waals surface area (Å²) in [4.78, 5) is 28.0. The van der Waals surface area contributed by atoms with Crippen LogP contribution in [0.1, 0.15) is 10.5 Å². The van der Waals surface area contributed by atoms with Crippen molar-refractivity contribution in [2.75, 3.05) is 11.9 Å². The van der Waals surface area contributed by atoms with Crippen LogP contribution in [0.4, 0.5) is 10.1 Å². The lowest BCUT2D eigenvalue weighted by Gasteiger charge is -2.07. The second-order valence-electron chi connectivity index (χ2n) is 5.14. The van der Waals surface area contributed by atoms with Gasteiger partial charge in [0.2, 0.25) is 0 Å². The summed E-state index contributed by atoms with van der Waals surface area (Å²) in [6.07, 6.45) is 0. The number of hydrogen-bond acceptors (Lipinski definition) is 4. The number of benzene rings is 2. The number of rotatable bonds is 4. The highest BCUT2D eigenvalue weighted by Gasteiger charge is 2.13. The molecule has 1 amide bonds. The van der Waals surface area contributed by atoms with E-state index in [1.165, 1.54) is 18.2 Å². The maximum absolute atomic E-state index is 13.1. The molecule has 0 aliphatic heterocycles. The predicted molar refractivity (Wildman–Crippen MR) is 92.1 cm³/mol. The minimum absolute atomic E-state index is 0.108. The van der Waals surface area contributed by atoms with E-state index in [0.717, 1.165) is 11.5 Å². The van der Waals surface area contributed by atoms with Crippen LogP contribution in [0.15, 0.2) is 54.6 Å². The lowest BCUT2D eigenvalue weighted by Crippen LogP contribution is -2.21. The third-order valence-corrected chi connectivity index (χ3v) is 3.63. The summed E-state index contributed by atoms with van der Waals surface area (Å²) in [5.74, 6) is -1.87. The second-order valence-corrected chi connectivity index (χ2v) is 5.55. The number of fused-ring (bicyclic) bond motifs is 1. The van der Waals surface area contributed by atoms with Crippen molar-refractivity contribution in [2.45, 2.75) is 0 Å². The summed E-state index contributed by atoms with van der Waals surface area (Å²) in [6, 6.07) is 14.4. The fourth-order valence-corrected chi connectivity index (χ4v) is 2.34. The molecular weight excluding hydrogens is 347 g/mol. The number of hydrogen-bond donors (Lipinski definition) is 1. The fourth-order valence-electron chi connectivity index (χ4n) is 2.16. The highest BCUT2D eigenvalue weighted by molar-refractivity contribution is 6.31. The van der Waals surface area contributed by atoms with Crippen LogP contribution in [-0.2, 0) is 9.53 Å². The van der Waals surface area contributed by atoms with Crippen molar-refractivity contribution in [2.24, 2.45) is 0 Å². The molecule has 0 bridgehead atoms. The first-order valence-electron chi connectivity index (χ1n) is 7.31. The van der Waals surface area contributed by atoms with Gasteiger partial charge in [0.15, 0.2) is 6.61 Å². The molecule has 1 N–H and O–H groups in total. The van der Waals surface area contributed by atoms with Crippen LogP contribution in [0.5, 0.6) is 0 Å². The molecule has 0 spiro atoms. The number of esters is 1. The Balaban J connectivity index is 1.60. The van der Waals surface area contributed by atoms with E-state index in [1.807, 2.05) is 18.2 Å². The van der Waals surface area contributed by atoms with Gasteiger partial charge in [-0.2, -0.15) is 0 Å². The zero-order valence-electron chi connectivity index (χ0n) is 12.8. The molecule has 0 unspecified atom stereocenters. The van der Waals surface area contributed by atoms with Crippen molar-refractivity contribution in [3.05, 3.63) is 71.1 Å². The Morgan fingerprint density at radius 2 is 1.92 bits per heavy atom. The zero-order valence-corrected chi connectivity index (χ0v) is 13.6. The van der Waals surface area contributed by atoms with Crippen LogP contribution in [-0.4, -0.2) is 23.5 Å². The number of carbonyl (C=O) groups excluding carboxylic acids is 2. The largest absolute Gasteiger partial charge is 0.451 e. The van der Waals surface area contributed by atoms with Crippen molar-refractivity contribution in [3.63, 3.8) is 0 Å². The molecule has 2 aromatic carbocycles. The molecule has 1 aromatic heterocycles. The van der Waals surface area contributed by atoms with Gasteiger partial charge in [0.25, 0.3) is 5.91 Å². The van der Waals surface area contributed by atoms with E-state index in [-0.39, 0.29) is 10.7 Å². The first-order valence-corrected chi connectivity index (χ1v) is 7.68. The number of carbonyl (C=O) groups is 2. The van der Waals surface area contributed by atoms with E-state index >= 15 is 0 Å². The molecule has 0 atom stereocenters. The molecule has 0 fully saturated rings. The van der Waals surface area contributed by atoms with E-state index in [2.05, 4.69) is 10.3 Å². The van der Waals surface area contributed by atoms with Crippen LogP contribution >= 0.6 is 11.6 Å². The number of amides is 1. The third-order valence-electron chi connectivity index (χ3n) is 3.35. The van der Waals surface area contributed by atoms with Gasteiger partial charge in [0.05, 0.1) is 10.5 Å². The molecule has 1 heterocycles. The number of nitrogens with one attached hydrogen (secondary N) is 1. The zero-order chi connectivity index (χ0) is 17.8. The summed E-state index contributed by atoms with van der Waals surface area (Å²) in [7, 11) is 0. The molecule has 126 valence electrons. The van der Waals surface area contributed by atoms with Crippen molar-refractivity contribution < 1.29 is 18.7 Å². The molecular formula is C18H12ClFN2O3. The number of para-hydroxylation sites is 1. The molecule has 7 heteroatoms. The van der Waals surface area contributed by atoms with Gasteiger partial charge in [0.1, 0.15) is 11.5 Å². The smallest absolute Gasteiger partial charge is 0.357 e. The number of nitrogens with zero attached hydrogens (tertiary/aromatic N) is 1. The Labute approximate surface area is 147 Å². The van der Waals surface area contributed by atoms with Gasteiger partial charge in [-0.15, -0.1) is 0 Å². The SMILES string of the molecule is O=C(COC(=O)c1ccc2ccccc2n1)Nc1ccc(F)c(Cl)c1. The highest BCUT2D eigenvalue weighted by atomic mass is 35.5. The van der Waals surface area contributed by atoms with Gasteiger partial charge in [-0.05, 0) is 30.3 Å². The van der Waals surface area contributed by atoms with Crippen molar-refractivity contribution in [1.29, 1.82) is 0 Å². The lowest BCUT2D eigenvalue weighted by atomic mass is 10.2. The molecule has 25 heavy (non-hydrogen) atoms. The Morgan fingerprint density at radius 3 is 2.72 bits per heavy atom. The maximum Gasteiger partial charge on any atom is 0.357 e. The average molecular weight is 359 g/mol. The first-order chi connectivity index (χ1) is 12.0. The predicted octanol–water partition coefficient (Wildman–Crippen LogP) is 3.82. The van der Waals surface area contributed by atoms with Crippen LogP contribution in [0.3, 0.4) is 0 Å². The molecule has 0 saturated heterocycles. The standard InChI is InChI=1S/C18H12ClFN2O3/c19-13-9-12(6-7-14(13)20)21-17(23)10-25-18(24)16-8-5-11-3-1-2-4-15(11)22-16/h1-9H,10H2,(H,21,23).